The maximum absolute atomic E-state index is 11.7. The van der Waals surface area contributed by atoms with Crippen LogP contribution in [0.5, 0.6) is 6.08 Å². The summed E-state index contributed by atoms with van der Waals surface area (Å²) in [7, 11) is 0. The fraction of sp³-hybridized carbons (Fsp3) is 0.273. The number of ether oxygens (including phenoxy) is 1. The molecule has 4 nitrogen and oxygen atoms in total. The second kappa shape index (κ2) is 4.17. The van der Waals surface area contributed by atoms with E-state index in [1.165, 1.54) is 0 Å². The van der Waals surface area contributed by atoms with E-state index in [0.29, 0.717) is 22.4 Å². The molecule has 0 bridgehead atoms. The monoisotopic (exact) mass is 237 g/mol. The molecule has 0 aliphatic rings. The third-order valence-corrected chi connectivity index (χ3v) is 2.80. The molecule has 5 heteroatoms. The Hall–Kier alpha value is -1.49. The molecule has 1 heterocycles. The van der Waals surface area contributed by atoms with Gasteiger partial charge in [-0.25, -0.2) is 4.79 Å². The Morgan fingerprint density at radius 2 is 2.25 bits per heavy atom. The summed E-state index contributed by atoms with van der Waals surface area (Å²) in [5, 5.41) is 0.395. The van der Waals surface area contributed by atoms with Crippen LogP contribution in [-0.2, 0) is 0 Å². The third-order valence-electron chi connectivity index (χ3n) is 2.22. The van der Waals surface area contributed by atoms with Gasteiger partial charge >= 0.3 is 11.7 Å². The Kier molecular flexibility index (Phi) is 2.87. The van der Waals surface area contributed by atoms with Crippen LogP contribution in [0.3, 0.4) is 0 Å². The average Bonchev–Trinajstić information content (AvgIpc) is 2.23. The van der Waals surface area contributed by atoms with Crippen molar-refractivity contribution < 1.29 is 9.15 Å². The van der Waals surface area contributed by atoms with Crippen molar-refractivity contribution in [2.45, 2.75) is 18.7 Å². The number of fused-ring (bicyclic) bond motifs is 1. The summed E-state index contributed by atoms with van der Waals surface area (Å²) in [4.78, 5) is 16.4. The van der Waals surface area contributed by atoms with Crippen LogP contribution in [-0.4, -0.2) is 11.6 Å². The van der Waals surface area contributed by atoms with Gasteiger partial charge in [-0.2, -0.15) is 4.98 Å². The number of aryl methyl sites for hydroxylation is 1. The number of hydrogen-bond donors (Lipinski definition) is 1. The van der Waals surface area contributed by atoms with Gasteiger partial charge in [-0.05, 0) is 25.5 Å². The molecule has 0 spiro atoms. The van der Waals surface area contributed by atoms with Crippen LogP contribution in [0.4, 0.5) is 0 Å². The molecular weight excluding hydrogens is 226 g/mol. The molecule has 0 unspecified atom stereocenters. The SMILES string of the molecule is CCOc1nc2ccc(C)c(S)c2c(=O)o1. The molecule has 0 radical (unpaired) electrons. The summed E-state index contributed by atoms with van der Waals surface area (Å²) >= 11 is 4.28. The zero-order valence-electron chi connectivity index (χ0n) is 8.98. The standard InChI is InChI=1S/C11H11NO3S/c1-3-14-11-12-7-5-4-6(2)9(16)8(7)10(13)15-11/h4-5,16H,3H2,1-2H3. The Labute approximate surface area is 97.7 Å². The van der Waals surface area contributed by atoms with Crippen LogP contribution >= 0.6 is 12.6 Å². The molecule has 0 aliphatic carbocycles. The molecule has 2 aromatic rings. The van der Waals surface area contributed by atoms with Crippen molar-refractivity contribution in [3.8, 4) is 6.08 Å². The fourth-order valence-electron chi connectivity index (χ4n) is 1.42. The van der Waals surface area contributed by atoms with E-state index >= 15 is 0 Å². The zero-order valence-corrected chi connectivity index (χ0v) is 9.88. The minimum atomic E-state index is -0.470. The molecule has 0 saturated heterocycles. The first kappa shape index (κ1) is 11.0. The van der Waals surface area contributed by atoms with E-state index in [1.54, 1.807) is 13.0 Å². The van der Waals surface area contributed by atoms with Crippen LogP contribution in [0.15, 0.2) is 26.2 Å². The predicted molar refractivity (Wildman–Crippen MR) is 63.4 cm³/mol. The highest BCUT2D eigenvalue weighted by Gasteiger charge is 2.10. The van der Waals surface area contributed by atoms with Gasteiger partial charge in [0.25, 0.3) is 0 Å². The van der Waals surface area contributed by atoms with E-state index in [0.717, 1.165) is 5.56 Å². The highest BCUT2D eigenvalue weighted by molar-refractivity contribution is 7.80. The Morgan fingerprint density at radius 1 is 1.50 bits per heavy atom. The van der Waals surface area contributed by atoms with E-state index in [-0.39, 0.29) is 6.08 Å². The number of hydrogen-bond acceptors (Lipinski definition) is 5. The maximum atomic E-state index is 11.7. The number of nitrogens with zero attached hydrogens (tertiary/aromatic N) is 1. The second-order valence-electron chi connectivity index (χ2n) is 3.33. The van der Waals surface area contributed by atoms with E-state index in [4.69, 9.17) is 9.15 Å². The summed E-state index contributed by atoms with van der Waals surface area (Å²) in [6.07, 6.45) is -0.00316. The predicted octanol–water partition coefficient (Wildman–Crippen LogP) is 2.18. The van der Waals surface area contributed by atoms with Crippen molar-refractivity contribution in [3.63, 3.8) is 0 Å². The molecular formula is C11H11NO3S. The fourth-order valence-corrected chi connectivity index (χ4v) is 1.70. The van der Waals surface area contributed by atoms with Crippen LogP contribution in [0.25, 0.3) is 10.9 Å². The van der Waals surface area contributed by atoms with Gasteiger partial charge in [0.1, 0.15) is 0 Å². The van der Waals surface area contributed by atoms with Crippen molar-refractivity contribution in [2.75, 3.05) is 6.61 Å². The lowest BCUT2D eigenvalue weighted by Gasteiger charge is -2.04. The van der Waals surface area contributed by atoms with Crippen molar-refractivity contribution >= 4 is 23.5 Å². The largest absolute Gasteiger partial charge is 0.450 e. The van der Waals surface area contributed by atoms with Gasteiger partial charge in [0.15, 0.2) is 0 Å². The quantitative estimate of drug-likeness (QED) is 0.813. The van der Waals surface area contributed by atoms with Gasteiger partial charge < -0.3 is 9.15 Å². The summed E-state index contributed by atoms with van der Waals surface area (Å²) in [5.41, 5.74) is 0.978. The molecule has 0 amide bonds. The van der Waals surface area contributed by atoms with Crippen LogP contribution < -0.4 is 10.4 Å². The first-order valence-corrected chi connectivity index (χ1v) is 5.34. The smallest absolute Gasteiger partial charge is 0.397 e. The molecule has 0 fully saturated rings. The normalized spacial score (nSPS) is 10.7. The van der Waals surface area contributed by atoms with E-state index < -0.39 is 5.63 Å². The topological polar surface area (TPSA) is 52.3 Å². The van der Waals surface area contributed by atoms with Gasteiger partial charge in [-0.3, -0.25) is 0 Å². The number of rotatable bonds is 2. The van der Waals surface area contributed by atoms with Crippen molar-refractivity contribution in [2.24, 2.45) is 0 Å². The van der Waals surface area contributed by atoms with Crippen molar-refractivity contribution in [1.82, 2.24) is 4.98 Å². The molecule has 0 N–H and O–H groups in total. The van der Waals surface area contributed by atoms with Gasteiger partial charge in [0, 0.05) is 4.90 Å². The van der Waals surface area contributed by atoms with E-state index in [1.807, 2.05) is 13.0 Å². The highest BCUT2D eigenvalue weighted by atomic mass is 32.1. The molecule has 16 heavy (non-hydrogen) atoms. The Morgan fingerprint density at radius 3 is 2.94 bits per heavy atom. The van der Waals surface area contributed by atoms with Crippen LogP contribution in [0, 0.1) is 6.92 Å². The third kappa shape index (κ3) is 1.78. The van der Waals surface area contributed by atoms with E-state index in [9.17, 15) is 4.79 Å². The molecule has 0 atom stereocenters. The van der Waals surface area contributed by atoms with Crippen LogP contribution in [0.2, 0.25) is 0 Å². The lowest BCUT2D eigenvalue weighted by Crippen LogP contribution is -2.06. The first-order chi connectivity index (χ1) is 7.63. The second-order valence-corrected chi connectivity index (χ2v) is 3.77. The maximum Gasteiger partial charge on any atom is 0.397 e. The van der Waals surface area contributed by atoms with E-state index in [2.05, 4.69) is 17.6 Å². The average molecular weight is 237 g/mol. The summed E-state index contributed by atoms with van der Waals surface area (Å²) in [6.45, 7) is 4.07. The summed E-state index contributed by atoms with van der Waals surface area (Å²) in [5.74, 6) is 0. The van der Waals surface area contributed by atoms with Crippen molar-refractivity contribution in [3.05, 3.63) is 28.1 Å². The Balaban J connectivity index is 2.76. The lowest BCUT2D eigenvalue weighted by molar-refractivity contribution is 0.229. The van der Waals surface area contributed by atoms with Gasteiger partial charge in [-0.1, -0.05) is 6.07 Å². The molecule has 84 valence electrons. The van der Waals surface area contributed by atoms with Crippen LogP contribution in [0.1, 0.15) is 12.5 Å². The lowest BCUT2D eigenvalue weighted by atomic mass is 10.2. The molecule has 1 aromatic heterocycles. The minimum Gasteiger partial charge on any atom is -0.450 e. The molecule has 0 saturated carbocycles. The molecule has 1 aromatic carbocycles. The molecule has 2 rings (SSSR count). The summed E-state index contributed by atoms with van der Waals surface area (Å²) in [6, 6.07) is 3.61. The number of thiol groups is 1. The highest BCUT2D eigenvalue weighted by Crippen LogP contribution is 2.22. The Bertz CT molecular complexity index is 592. The van der Waals surface area contributed by atoms with Crippen molar-refractivity contribution in [1.29, 1.82) is 0 Å². The number of aromatic nitrogens is 1. The van der Waals surface area contributed by atoms with Gasteiger partial charge in [0.2, 0.25) is 0 Å². The first-order valence-electron chi connectivity index (χ1n) is 4.89. The zero-order chi connectivity index (χ0) is 11.7. The minimum absolute atomic E-state index is 0.00316. The summed E-state index contributed by atoms with van der Waals surface area (Å²) < 4.78 is 9.99. The molecule has 0 aliphatic heterocycles. The van der Waals surface area contributed by atoms with Gasteiger partial charge in [0.05, 0.1) is 17.5 Å². The number of benzene rings is 1. The van der Waals surface area contributed by atoms with Gasteiger partial charge in [-0.15, -0.1) is 12.6 Å².